The molecule has 19 heavy (non-hydrogen) atoms. The van der Waals surface area contributed by atoms with Crippen molar-refractivity contribution in [1.82, 2.24) is 0 Å². The molecule has 3 N–H and O–H groups in total. The number of halogens is 3. The van der Waals surface area contributed by atoms with Crippen molar-refractivity contribution in [3.8, 4) is 0 Å². The Morgan fingerprint density at radius 2 is 1.74 bits per heavy atom. The molecule has 1 aromatic carbocycles. The summed E-state index contributed by atoms with van der Waals surface area (Å²) < 4.78 is 13.0. The number of hydrogen-bond donors (Lipinski definition) is 2. The maximum Gasteiger partial charge on any atom is 0.224 e. The van der Waals surface area contributed by atoms with Gasteiger partial charge >= 0.3 is 0 Å². The first-order valence-electron chi connectivity index (χ1n) is 6.19. The normalized spacial score (nSPS) is 10.5. The highest BCUT2D eigenvalue weighted by atomic mass is 35.5. The van der Waals surface area contributed by atoms with Crippen LogP contribution in [0, 0.1) is 5.82 Å². The molecular weight excluding hydrogens is 290 g/mol. The lowest BCUT2D eigenvalue weighted by atomic mass is 10.1. The first-order chi connectivity index (χ1) is 9.04. The summed E-state index contributed by atoms with van der Waals surface area (Å²) in [6.45, 7) is 0.674. The van der Waals surface area contributed by atoms with E-state index < -0.39 is 5.82 Å². The van der Waals surface area contributed by atoms with Gasteiger partial charge in [-0.3, -0.25) is 4.79 Å². The van der Waals surface area contributed by atoms with Crippen molar-refractivity contribution in [2.45, 2.75) is 32.1 Å². The minimum Gasteiger partial charge on any atom is -0.330 e. The molecule has 0 fully saturated rings. The Morgan fingerprint density at radius 3 is 2.32 bits per heavy atom. The van der Waals surface area contributed by atoms with E-state index in [-0.39, 0.29) is 21.6 Å². The van der Waals surface area contributed by atoms with E-state index in [1.165, 1.54) is 0 Å². The van der Waals surface area contributed by atoms with Gasteiger partial charge in [-0.05, 0) is 31.5 Å². The summed E-state index contributed by atoms with van der Waals surface area (Å²) in [6, 6.07) is 2.23. The van der Waals surface area contributed by atoms with Crippen LogP contribution >= 0.6 is 23.2 Å². The van der Waals surface area contributed by atoms with Gasteiger partial charge in [0.2, 0.25) is 5.91 Å². The van der Waals surface area contributed by atoms with Gasteiger partial charge in [-0.2, -0.15) is 0 Å². The van der Waals surface area contributed by atoms with Crippen molar-refractivity contribution in [3.63, 3.8) is 0 Å². The first kappa shape index (κ1) is 16.2. The zero-order valence-electron chi connectivity index (χ0n) is 10.5. The third-order valence-corrected chi connectivity index (χ3v) is 3.23. The summed E-state index contributed by atoms with van der Waals surface area (Å²) in [6.07, 6.45) is 4.10. The summed E-state index contributed by atoms with van der Waals surface area (Å²) >= 11 is 11.7. The molecule has 0 radical (unpaired) electrons. The van der Waals surface area contributed by atoms with Crippen molar-refractivity contribution < 1.29 is 9.18 Å². The number of carbonyl (C=O) groups excluding carboxylic acids is 1. The van der Waals surface area contributed by atoms with Crippen LogP contribution in [-0.4, -0.2) is 12.5 Å². The van der Waals surface area contributed by atoms with Gasteiger partial charge in [-0.1, -0.05) is 36.0 Å². The summed E-state index contributed by atoms with van der Waals surface area (Å²) in [5.41, 5.74) is 5.64. The fourth-order valence-corrected chi connectivity index (χ4v) is 2.20. The highest BCUT2D eigenvalue weighted by molar-refractivity contribution is 6.39. The molecule has 0 saturated carbocycles. The fourth-order valence-electron chi connectivity index (χ4n) is 1.65. The molecule has 106 valence electrons. The van der Waals surface area contributed by atoms with E-state index >= 15 is 0 Å². The Kier molecular flexibility index (Phi) is 7.13. The molecule has 6 heteroatoms. The average molecular weight is 307 g/mol. The zero-order chi connectivity index (χ0) is 14.3. The van der Waals surface area contributed by atoms with Crippen molar-refractivity contribution in [1.29, 1.82) is 0 Å². The largest absolute Gasteiger partial charge is 0.330 e. The number of anilines is 1. The van der Waals surface area contributed by atoms with E-state index in [9.17, 15) is 9.18 Å². The van der Waals surface area contributed by atoms with Gasteiger partial charge in [0.05, 0.1) is 15.7 Å². The summed E-state index contributed by atoms with van der Waals surface area (Å²) in [5.74, 6) is -0.710. The number of nitrogens with two attached hydrogens (primary N) is 1. The second-order valence-corrected chi connectivity index (χ2v) is 5.06. The lowest BCUT2D eigenvalue weighted by Crippen LogP contribution is -2.12. The molecular formula is C13H17Cl2FN2O. The lowest BCUT2D eigenvalue weighted by molar-refractivity contribution is -0.116. The van der Waals surface area contributed by atoms with E-state index in [1.807, 2.05) is 0 Å². The predicted molar refractivity (Wildman–Crippen MR) is 77.2 cm³/mol. The van der Waals surface area contributed by atoms with E-state index in [4.69, 9.17) is 28.9 Å². The molecule has 0 aliphatic heterocycles. The van der Waals surface area contributed by atoms with E-state index in [1.54, 1.807) is 0 Å². The van der Waals surface area contributed by atoms with Crippen LogP contribution in [0.3, 0.4) is 0 Å². The molecule has 1 aromatic rings. The number of unbranched alkanes of at least 4 members (excludes halogenated alkanes) is 3. The van der Waals surface area contributed by atoms with Crippen LogP contribution in [0.15, 0.2) is 12.1 Å². The monoisotopic (exact) mass is 306 g/mol. The van der Waals surface area contributed by atoms with Gasteiger partial charge in [0, 0.05) is 6.42 Å². The average Bonchev–Trinajstić information content (AvgIpc) is 2.33. The molecule has 0 aliphatic rings. The lowest BCUT2D eigenvalue weighted by Gasteiger charge is -2.09. The van der Waals surface area contributed by atoms with Gasteiger partial charge in [-0.25, -0.2) is 4.39 Å². The Labute approximate surface area is 122 Å². The highest BCUT2D eigenvalue weighted by Gasteiger charge is 2.11. The van der Waals surface area contributed by atoms with Gasteiger partial charge in [-0.15, -0.1) is 0 Å². The molecule has 3 nitrogen and oxygen atoms in total. The third-order valence-electron chi connectivity index (χ3n) is 2.63. The maximum atomic E-state index is 13.0. The van der Waals surface area contributed by atoms with Crippen LogP contribution in [0.2, 0.25) is 10.0 Å². The van der Waals surface area contributed by atoms with Gasteiger partial charge in [0.25, 0.3) is 0 Å². The number of hydrogen-bond acceptors (Lipinski definition) is 2. The second-order valence-electron chi connectivity index (χ2n) is 4.25. The zero-order valence-corrected chi connectivity index (χ0v) is 12.0. The number of carbonyl (C=O) groups is 1. The van der Waals surface area contributed by atoms with Gasteiger partial charge in [0.15, 0.2) is 0 Å². The van der Waals surface area contributed by atoms with Gasteiger partial charge in [0.1, 0.15) is 5.82 Å². The Balaban J connectivity index is 2.44. The Hall–Kier alpha value is -0.840. The third kappa shape index (κ3) is 5.76. The van der Waals surface area contributed by atoms with Crippen molar-refractivity contribution >= 4 is 34.8 Å². The standard InChI is InChI=1S/C13H17Cl2FN2O/c14-10-7-9(16)8-11(15)13(10)18-12(19)5-3-1-2-4-6-17/h7-8H,1-6,17H2,(H,18,19). The van der Waals surface area contributed by atoms with E-state index in [2.05, 4.69) is 5.32 Å². The van der Waals surface area contributed by atoms with Gasteiger partial charge < -0.3 is 11.1 Å². The minimum atomic E-state index is -0.533. The topological polar surface area (TPSA) is 55.1 Å². The minimum absolute atomic E-state index is 0.0986. The predicted octanol–water partition coefficient (Wildman–Crippen LogP) is 3.98. The molecule has 1 rings (SSSR count). The Bertz CT molecular complexity index is 418. The Morgan fingerprint density at radius 1 is 1.16 bits per heavy atom. The van der Waals surface area contributed by atoms with Crippen LogP contribution in [0.1, 0.15) is 32.1 Å². The molecule has 0 heterocycles. The molecule has 1 amide bonds. The highest BCUT2D eigenvalue weighted by Crippen LogP contribution is 2.31. The number of nitrogens with one attached hydrogen (secondary N) is 1. The molecule has 0 bridgehead atoms. The smallest absolute Gasteiger partial charge is 0.224 e. The quantitative estimate of drug-likeness (QED) is 0.749. The van der Waals surface area contributed by atoms with Crippen molar-refractivity contribution in [2.24, 2.45) is 5.73 Å². The van der Waals surface area contributed by atoms with Crippen LogP contribution in [0.4, 0.5) is 10.1 Å². The summed E-state index contributed by atoms with van der Waals surface area (Å²) in [7, 11) is 0. The van der Waals surface area contributed by atoms with Crippen LogP contribution < -0.4 is 11.1 Å². The summed E-state index contributed by atoms with van der Waals surface area (Å²) in [4.78, 5) is 11.7. The maximum absolute atomic E-state index is 13.0. The number of amides is 1. The first-order valence-corrected chi connectivity index (χ1v) is 6.94. The van der Waals surface area contributed by atoms with Crippen LogP contribution in [0.5, 0.6) is 0 Å². The van der Waals surface area contributed by atoms with E-state index in [0.29, 0.717) is 13.0 Å². The summed E-state index contributed by atoms with van der Waals surface area (Å²) in [5, 5.41) is 2.80. The van der Waals surface area contributed by atoms with Crippen LogP contribution in [0.25, 0.3) is 0 Å². The van der Waals surface area contributed by atoms with Crippen LogP contribution in [-0.2, 0) is 4.79 Å². The second kappa shape index (κ2) is 8.35. The molecule has 0 aliphatic carbocycles. The SMILES string of the molecule is NCCCCCCC(=O)Nc1c(Cl)cc(F)cc1Cl. The number of rotatable bonds is 7. The molecule has 0 aromatic heterocycles. The molecule has 0 spiro atoms. The van der Waals surface area contributed by atoms with E-state index in [0.717, 1.165) is 37.8 Å². The fraction of sp³-hybridized carbons (Fsp3) is 0.462. The molecule has 0 atom stereocenters. The molecule has 0 saturated heterocycles. The number of benzene rings is 1. The molecule has 0 unspecified atom stereocenters. The van der Waals surface area contributed by atoms with Crippen molar-refractivity contribution in [2.75, 3.05) is 11.9 Å². The van der Waals surface area contributed by atoms with Crippen molar-refractivity contribution in [3.05, 3.63) is 28.0 Å².